The second-order valence-electron chi connectivity index (χ2n) is 16.7. The van der Waals surface area contributed by atoms with Crippen LogP contribution in [0.5, 0.6) is 0 Å². The predicted molar refractivity (Wildman–Crippen MR) is 205 cm³/mol. The second-order valence-corrected chi connectivity index (χ2v) is 27.6. The Kier molecular flexibility index (Phi) is 8.01. The first-order chi connectivity index (χ1) is 21.5. The molecule has 0 saturated heterocycles. The molecule has 5 rings (SSSR count). The largest absolute Gasteiger partial charge is 0.456 e. The minimum atomic E-state index is -1.94. The fourth-order valence-corrected chi connectivity index (χ4v) is 14.1. The third-order valence-corrected chi connectivity index (χ3v) is 20.2. The normalized spacial score (nSPS) is 13.7. The van der Waals surface area contributed by atoms with Crippen molar-refractivity contribution in [2.24, 2.45) is 7.05 Å². The van der Waals surface area contributed by atoms with Crippen molar-refractivity contribution < 1.29 is 10.4 Å². The van der Waals surface area contributed by atoms with Crippen LogP contribution in [0.2, 0.25) is 36.3 Å². The van der Waals surface area contributed by atoms with E-state index in [-0.39, 0.29) is 10.1 Å². The van der Waals surface area contributed by atoms with Gasteiger partial charge < -0.3 is 4.42 Å². The standard InChI is InChI=1S/C41H53N2OSi2/c1-26(2)32-24-34(43(11)25-35(32)45(12,13)14)36-27(3)16-21-30-31-22-23-33(42-10)37(39(31)44-38(30)36)28-17-19-29(20-18-28)46(15,40(4,5)6)41(7,8)9/h16-26H,1-9,11-15H3/q+1/i26D. The average molecular weight is 647 g/mol. The summed E-state index contributed by atoms with van der Waals surface area (Å²) < 4.78 is 18.2. The maximum Gasteiger partial charge on any atom is 0.216 e. The van der Waals surface area contributed by atoms with Gasteiger partial charge in [0.2, 0.25) is 5.69 Å². The van der Waals surface area contributed by atoms with Gasteiger partial charge in [0.25, 0.3) is 0 Å². The van der Waals surface area contributed by atoms with Crippen LogP contribution >= 0.6 is 0 Å². The predicted octanol–water partition coefficient (Wildman–Crippen LogP) is 11.2. The molecule has 0 aliphatic heterocycles. The number of aryl methyl sites for hydroxylation is 2. The van der Waals surface area contributed by atoms with Crippen LogP contribution in [0, 0.1) is 13.5 Å². The first-order valence-corrected chi connectivity index (χ1v) is 22.5. The molecule has 2 aromatic heterocycles. The molecule has 5 aromatic rings. The van der Waals surface area contributed by atoms with E-state index in [9.17, 15) is 0 Å². The van der Waals surface area contributed by atoms with Crippen LogP contribution in [0.1, 0.15) is 73.8 Å². The average Bonchev–Trinajstić information content (AvgIpc) is 3.32. The van der Waals surface area contributed by atoms with Crippen molar-refractivity contribution in [2.75, 3.05) is 0 Å². The molecule has 0 unspecified atom stereocenters. The van der Waals surface area contributed by atoms with Crippen LogP contribution in [-0.4, -0.2) is 16.1 Å². The molecule has 5 heteroatoms. The SMILES string of the molecule is [2H]C(C)(C)c1cc(-c2c(C)ccc3c2oc2c(-c4ccc([Si](C)(C(C)(C)C)C(C)(C)C)cc4)c([N+]#[C-])ccc23)[n+](C)cc1[Si](C)(C)C. The van der Waals surface area contributed by atoms with E-state index < -0.39 is 22.0 Å². The van der Waals surface area contributed by atoms with Gasteiger partial charge in [-0.3, -0.25) is 0 Å². The molecule has 3 aromatic carbocycles. The molecule has 0 radical (unpaired) electrons. The molecule has 0 aliphatic carbocycles. The van der Waals surface area contributed by atoms with Gasteiger partial charge in [0.15, 0.2) is 11.9 Å². The number of pyridine rings is 1. The lowest BCUT2D eigenvalue weighted by Crippen LogP contribution is -2.58. The maximum absolute atomic E-state index is 9.08. The number of hydrogen-bond acceptors (Lipinski definition) is 1. The van der Waals surface area contributed by atoms with Crippen molar-refractivity contribution >= 4 is 54.1 Å². The third-order valence-electron chi connectivity index (χ3n) is 10.7. The number of fused-ring (bicyclic) bond motifs is 3. The molecule has 3 nitrogen and oxygen atoms in total. The first-order valence-electron chi connectivity index (χ1n) is 17.0. The van der Waals surface area contributed by atoms with Gasteiger partial charge in [-0.25, -0.2) is 9.41 Å². The van der Waals surface area contributed by atoms with E-state index in [1.165, 1.54) is 10.4 Å². The number of hydrogen-bond donors (Lipinski definition) is 0. The molecule has 0 amide bonds. The highest BCUT2D eigenvalue weighted by atomic mass is 28.3. The van der Waals surface area contributed by atoms with Gasteiger partial charge >= 0.3 is 0 Å². The summed E-state index contributed by atoms with van der Waals surface area (Å²) in [4.78, 5) is 3.98. The number of aromatic nitrogens is 1. The van der Waals surface area contributed by atoms with Crippen molar-refractivity contribution in [3.63, 3.8) is 0 Å². The van der Waals surface area contributed by atoms with Gasteiger partial charge in [-0.15, -0.1) is 0 Å². The Morgan fingerprint density at radius 1 is 0.826 bits per heavy atom. The maximum atomic E-state index is 9.08. The summed E-state index contributed by atoms with van der Waals surface area (Å²) >= 11 is 0. The molecule has 0 bridgehead atoms. The number of furan rings is 1. The highest BCUT2D eigenvalue weighted by Crippen LogP contribution is 2.51. The Bertz CT molecular complexity index is 2040. The molecule has 0 spiro atoms. The topological polar surface area (TPSA) is 21.4 Å². The summed E-state index contributed by atoms with van der Waals surface area (Å²) in [5.74, 6) is -0.739. The fraction of sp³-hybridized carbons (Fsp3) is 0.415. The van der Waals surface area contributed by atoms with Gasteiger partial charge in [0.1, 0.15) is 18.2 Å². The molecule has 240 valence electrons. The zero-order valence-corrected chi connectivity index (χ0v) is 32.6. The van der Waals surface area contributed by atoms with E-state index in [4.69, 9.17) is 12.4 Å². The van der Waals surface area contributed by atoms with Gasteiger partial charge in [0, 0.05) is 29.0 Å². The van der Waals surface area contributed by atoms with E-state index >= 15 is 0 Å². The summed E-state index contributed by atoms with van der Waals surface area (Å²) in [6, 6.07) is 19.6. The number of nitrogens with zero attached hydrogens (tertiary/aromatic N) is 2. The Morgan fingerprint density at radius 3 is 1.87 bits per heavy atom. The first kappa shape index (κ1) is 32.5. The van der Waals surface area contributed by atoms with Crippen LogP contribution in [0.3, 0.4) is 0 Å². The summed E-state index contributed by atoms with van der Waals surface area (Å²) in [6.45, 7) is 38.1. The second kappa shape index (κ2) is 11.4. The molecular weight excluding hydrogens is 593 g/mol. The van der Waals surface area contributed by atoms with Crippen molar-refractivity contribution in [1.82, 2.24) is 0 Å². The van der Waals surface area contributed by atoms with Crippen LogP contribution in [0.15, 0.2) is 65.2 Å². The minimum absolute atomic E-state index is 0.180. The van der Waals surface area contributed by atoms with Crippen LogP contribution in [0.4, 0.5) is 5.69 Å². The highest BCUT2D eigenvalue weighted by Gasteiger charge is 2.50. The zero-order valence-electron chi connectivity index (χ0n) is 31.6. The Hall–Kier alpha value is -3.47. The lowest BCUT2D eigenvalue weighted by molar-refractivity contribution is -0.659. The Labute approximate surface area is 280 Å². The number of rotatable bonds is 5. The Morgan fingerprint density at radius 2 is 1.37 bits per heavy atom. The van der Waals surface area contributed by atoms with Gasteiger partial charge in [-0.1, -0.05) is 135 Å². The lowest BCUT2D eigenvalue weighted by atomic mass is 9.96. The molecule has 0 atom stereocenters. The molecule has 0 fully saturated rings. The van der Waals surface area contributed by atoms with Crippen LogP contribution in [-0.2, 0) is 7.05 Å². The minimum Gasteiger partial charge on any atom is -0.456 e. The fourth-order valence-electron chi connectivity index (χ4n) is 7.55. The van der Waals surface area contributed by atoms with Gasteiger partial charge in [0.05, 0.1) is 28.3 Å². The zero-order chi connectivity index (χ0) is 35.1. The summed E-state index contributed by atoms with van der Waals surface area (Å²) in [7, 11) is -1.55. The third kappa shape index (κ3) is 5.38. The monoisotopic (exact) mass is 646 g/mol. The smallest absolute Gasteiger partial charge is 0.216 e. The van der Waals surface area contributed by atoms with E-state index in [0.29, 0.717) is 5.69 Å². The van der Waals surface area contributed by atoms with E-state index in [1.54, 1.807) is 0 Å². The molecule has 46 heavy (non-hydrogen) atoms. The van der Waals surface area contributed by atoms with Crippen molar-refractivity contribution in [1.29, 1.82) is 0 Å². The number of benzene rings is 3. The van der Waals surface area contributed by atoms with Gasteiger partial charge in [-0.05, 0) is 39.6 Å². The molecule has 0 N–H and O–H groups in total. The molecule has 0 aliphatic rings. The molecule has 2 heterocycles. The van der Waals surface area contributed by atoms with E-state index in [0.717, 1.165) is 55.4 Å². The van der Waals surface area contributed by atoms with Crippen molar-refractivity contribution in [2.45, 2.75) is 104 Å². The summed E-state index contributed by atoms with van der Waals surface area (Å²) in [5.41, 5.74) is 8.30. The Balaban J connectivity index is 1.80. The molecular formula is C41H53N2OSi2+. The van der Waals surface area contributed by atoms with E-state index in [2.05, 4.69) is 140 Å². The van der Waals surface area contributed by atoms with Crippen LogP contribution in [0.25, 0.3) is 49.2 Å². The summed E-state index contributed by atoms with van der Waals surface area (Å²) in [6.07, 6.45) is 2.25. The van der Waals surface area contributed by atoms with E-state index in [1.807, 2.05) is 26.0 Å². The quantitative estimate of drug-likeness (QED) is 0.106. The lowest BCUT2D eigenvalue weighted by Gasteiger charge is -2.50. The highest BCUT2D eigenvalue weighted by molar-refractivity contribution is 6.95. The van der Waals surface area contributed by atoms with Crippen molar-refractivity contribution in [3.05, 3.63) is 83.3 Å². The summed E-state index contributed by atoms with van der Waals surface area (Å²) in [5, 5.41) is 5.15. The molecule has 0 saturated carbocycles. The van der Waals surface area contributed by atoms with Gasteiger partial charge in [-0.2, -0.15) is 0 Å². The van der Waals surface area contributed by atoms with Crippen molar-refractivity contribution in [3.8, 4) is 22.4 Å². The van der Waals surface area contributed by atoms with Crippen LogP contribution < -0.4 is 14.9 Å².